The largest absolute Gasteiger partial charge is 0.490 e. The number of nitrogens with one attached hydrogen (secondary N) is 1. The number of aliphatic hydroxyl groups is 1. The molecule has 1 aliphatic heterocycles. The number of ketones is 1. The van der Waals surface area contributed by atoms with E-state index in [1.54, 1.807) is 32.1 Å². The number of ether oxygens (including phenoxy) is 2. The molecule has 2 rings (SSSR count). The van der Waals surface area contributed by atoms with Crippen LogP contribution in [0.1, 0.15) is 19.4 Å². The van der Waals surface area contributed by atoms with Crippen LogP contribution in [-0.2, 0) is 30.6 Å². The minimum absolute atomic E-state index is 0.152. The molecule has 1 amide bonds. The van der Waals surface area contributed by atoms with Crippen LogP contribution >= 0.6 is 0 Å². The van der Waals surface area contributed by atoms with Gasteiger partial charge in [-0.25, -0.2) is 8.42 Å². The number of hydrogen-bond acceptors (Lipinski definition) is 7. The SMILES string of the molecule is CC1(C)OC(/C(=C\COc2ccc(CCNC(=O)/C=C\S(C)(=O)=O)cc2)CO)=CC1=O. The summed E-state index contributed by atoms with van der Waals surface area (Å²) < 4.78 is 33.2. The standard InChI is InChI=1S/C22H27NO7S/c1-22(2)20(25)14-19(30-22)17(15-24)9-12-29-18-6-4-16(5-7-18)8-11-23-21(26)10-13-31(3,27)28/h4-7,9-10,13-14,24H,8,11-12,15H2,1-3H3,(H,23,26)/b13-10-,17-9-. The number of benzene rings is 1. The fraction of sp³-hybridized carbons (Fsp3) is 0.364. The summed E-state index contributed by atoms with van der Waals surface area (Å²) in [6.07, 6.45) is 5.62. The molecule has 0 fully saturated rings. The molecule has 1 heterocycles. The van der Waals surface area contributed by atoms with Gasteiger partial charge in [0.2, 0.25) is 11.7 Å². The van der Waals surface area contributed by atoms with Crippen LogP contribution in [0.25, 0.3) is 0 Å². The molecule has 0 radical (unpaired) electrons. The Hall–Kier alpha value is -2.91. The second-order valence-electron chi connectivity index (χ2n) is 7.50. The van der Waals surface area contributed by atoms with E-state index in [1.165, 1.54) is 6.08 Å². The van der Waals surface area contributed by atoms with Crippen LogP contribution in [0.4, 0.5) is 0 Å². The van der Waals surface area contributed by atoms with E-state index >= 15 is 0 Å². The average Bonchev–Trinajstić information content (AvgIpc) is 2.96. The zero-order valence-electron chi connectivity index (χ0n) is 17.8. The first-order valence-electron chi connectivity index (χ1n) is 9.63. The molecule has 0 atom stereocenters. The molecular formula is C22H27NO7S. The van der Waals surface area contributed by atoms with Gasteiger partial charge < -0.3 is 19.9 Å². The Labute approximate surface area is 182 Å². The highest BCUT2D eigenvalue weighted by Gasteiger charge is 2.35. The van der Waals surface area contributed by atoms with Gasteiger partial charge in [0.05, 0.1) is 6.61 Å². The summed E-state index contributed by atoms with van der Waals surface area (Å²) >= 11 is 0. The van der Waals surface area contributed by atoms with E-state index in [9.17, 15) is 23.1 Å². The molecule has 1 aromatic carbocycles. The van der Waals surface area contributed by atoms with Gasteiger partial charge in [-0.15, -0.1) is 0 Å². The summed E-state index contributed by atoms with van der Waals surface area (Å²) in [4.78, 5) is 23.4. The van der Waals surface area contributed by atoms with Gasteiger partial charge in [0.1, 0.15) is 18.1 Å². The number of rotatable bonds is 10. The Morgan fingerprint density at radius 2 is 1.94 bits per heavy atom. The molecule has 0 saturated carbocycles. The van der Waals surface area contributed by atoms with Crippen molar-refractivity contribution in [3.05, 3.63) is 64.8 Å². The molecule has 9 heteroatoms. The van der Waals surface area contributed by atoms with Crippen LogP contribution in [0.2, 0.25) is 0 Å². The van der Waals surface area contributed by atoms with Crippen LogP contribution in [0.3, 0.4) is 0 Å². The third kappa shape index (κ3) is 8.03. The van der Waals surface area contributed by atoms with Crippen LogP contribution < -0.4 is 10.1 Å². The number of amides is 1. The average molecular weight is 450 g/mol. The van der Waals surface area contributed by atoms with E-state index < -0.39 is 21.3 Å². The Morgan fingerprint density at radius 3 is 2.48 bits per heavy atom. The van der Waals surface area contributed by atoms with Crippen LogP contribution in [0.5, 0.6) is 5.75 Å². The molecule has 2 N–H and O–H groups in total. The summed E-state index contributed by atoms with van der Waals surface area (Å²) in [5.41, 5.74) is 0.525. The minimum Gasteiger partial charge on any atom is -0.490 e. The lowest BCUT2D eigenvalue weighted by Gasteiger charge is -2.18. The predicted octanol–water partition coefficient (Wildman–Crippen LogP) is 1.46. The molecule has 0 spiro atoms. The van der Waals surface area contributed by atoms with E-state index in [-0.39, 0.29) is 19.0 Å². The normalized spacial score (nSPS) is 16.2. The number of carbonyl (C=O) groups excluding carboxylic acids is 2. The van der Waals surface area contributed by atoms with Crippen LogP contribution in [-0.4, -0.2) is 56.8 Å². The third-order valence-corrected chi connectivity index (χ3v) is 5.02. The van der Waals surface area contributed by atoms with Crippen molar-refractivity contribution in [2.75, 3.05) is 26.0 Å². The molecular weight excluding hydrogens is 422 g/mol. The fourth-order valence-corrected chi connectivity index (χ4v) is 2.98. The zero-order chi connectivity index (χ0) is 23.1. The Bertz CT molecular complexity index is 1000. The Kier molecular flexibility index (Phi) is 8.18. The maximum absolute atomic E-state index is 11.8. The summed E-state index contributed by atoms with van der Waals surface area (Å²) in [7, 11) is -3.33. The summed E-state index contributed by atoms with van der Waals surface area (Å²) in [6.45, 7) is 3.61. The lowest BCUT2D eigenvalue weighted by atomic mass is 10.1. The number of hydrogen-bond donors (Lipinski definition) is 2. The quantitative estimate of drug-likeness (QED) is 0.519. The van der Waals surface area contributed by atoms with Crippen molar-refractivity contribution in [2.45, 2.75) is 25.9 Å². The van der Waals surface area contributed by atoms with Gasteiger partial charge in [-0.1, -0.05) is 12.1 Å². The van der Waals surface area contributed by atoms with Crippen molar-refractivity contribution in [1.82, 2.24) is 5.32 Å². The first kappa shape index (κ1) is 24.4. The van der Waals surface area contributed by atoms with E-state index in [2.05, 4.69) is 5.32 Å². The summed E-state index contributed by atoms with van der Waals surface area (Å²) in [5.74, 6) is 0.351. The Balaban J connectivity index is 1.81. The van der Waals surface area contributed by atoms with E-state index in [0.29, 0.717) is 30.0 Å². The monoisotopic (exact) mass is 449 g/mol. The number of carbonyl (C=O) groups is 2. The van der Waals surface area contributed by atoms with Gasteiger partial charge in [0, 0.05) is 35.9 Å². The minimum atomic E-state index is -3.33. The summed E-state index contributed by atoms with van der Waals surface area (Å²) in [6, 6.07) is 7.28. The number of sulfone groups is 1. The van der Waals surface area contributed by atoms with Crippen molar-refractivity contribution in [3.63, 3.8) is 0 Å². The maximum atomic E-state index is 11.8. The molecule has 0 aliphatic carbocycles. The van der Waals surface area contributed by atoms with Gasteiger partial charge in [-0.2, -0.15) is 0 Å². The van der Waals surface area contributed by atoms with Crippen LogP contribution in [0.15, 0.2) is 59.2 Å². The van der Waals surface area contributed by atoms with E-state index in [0.717, 1.165) is 23.3 Å². The second kappa shape index (κ2) is 10.4. The maximum Gasteiger partial charge on any atom is 0.244 e. The highest BCUT2D eigenvalue weighted by Crippen LogP contribution is 2.28. The lowest BCUT2D eigenvalue weighted by molar-refractivity contribution is -0.126. The van der Waals surface area contributed by atoms with Crippen LogP contribution in [0, 0.1) is 0 Å². The molecule has 1 aliphatic rings. The van der Waals surface area contributed by atoms with Crippen molar-refractivity contribution in [3.8, 4) is 5.75 Å². The molecule has 0 unspecified atom stereocenters. The first-order chi connectivity index (χ1) is 14.5. The molecule has 0 aromatic heterocycles. The highest BCUT2D eigenvalue weighted by atomic mass is 32.2. The fourth-order valence-electron chi connectivity index (χ4n) is 2.61. The number of aliphatic hydroxyl groups excluding tert-OH is 1. The van der Waals surface area contributed by atoms with Gasteiger partial charge >= 0.3 is 0 Å². The van der Waals surface area contributed by atoms with Gasteiger partial charge in [0.25, 0.3) is 0 Å². The van der Waals surface area contributed by atoms with Gasteiger partial charge in [0.15, 0.2) is 15.4 Å². The molecule has 8 nitrogen and oxygen atoms in total. The molecule has 168 valence electrons. The second-order valence-corrected chi connectivity index (χ2v) is 9.43. The lowest BCUT2D eigenvalue weighted by Crippen LogP contribution is -2.28. The highest BCUT2D eigenvalue weighted by molar-refractivity contribution is 7.93. The third-order valence-electron chi connectivity index (χ3n) is 4.39. The zero-order valence-corrected chi connectivity index (χ0v) is 18.6. The topological polar surface area (TPSA) is 119 Å². The first-order valence-corrected chi connectivity index (χ1v) is 11.6. The van der Waals surface area contributed by atoms with E-state index in [1.807, 2.05) is 12.1 Å². The summed E-state index contributed by atoms with van der Waals surface area (Å²) in [5, 5.41) is 13.0. The van der Waals surface area contributed by atoms with Gasteiger partial charge in [-0.3, -0.25) is 9.59 Å². The smallest absolute Gasteiger partial charge is 0.244 e. The molecule has 31 heavy (non-hydrogen) atoms. The van der Waals surface area contributed by atoms with Gasteiger partial charge in [-0.05, 0) is 44.0 Å². The molecule has 0 saturated heterocycles. The van der Waals surface area contributed by atoms with Crippen molar-refractivity contribution in [1.29, 1.82) is 0 Å². The van der Waals surface area contributed by atoms with Crippen molar-refractivity contribution in [2.24, 2.45) is 0 Å². The molecule has 1 aromatic rings. The Morgan fingerprint density at radius 1 is 1.26 bits per heavy atom. The van der Waals surface area contributed by atoms with Crippen molar-refractivity contribution >= 4 is 21.5 Å². The van der Waals surface area contributed by atoms with E-state index in [4.69, 9.17) is 9.47 Å². The van der Waals surface area contributed by atoms with Crippen molar-refractivity contribution < 1.29 is 32.6 Å². The molecule has 0 bridgehead atoms. The predicted molar refractivity (Wildman–Crippen MR) is 116 cm³/mol.